The molecule has 6 heteroatoms. The lowest BCUT2D eigenvalue weighted by Gasteiger charge is -2.34. The third-order valence-electron chi connectivity index (χ3n) is 2.99. The van der Waals surface area contributed by atoms with Crippen molar-refractivity contribution >= 4 is 10.2 Å². The Morgan fingerprint density at radius 3 is 2.62 bits per heavy atom. The highest BCUT2D eigenvalue weighted by Gasteiger charge is 2.30. The summed E-state index contributed by atoms with van der Waals surface area (Å²) in [5, 5.41) is 0. The van der Waals surface area contributed by atoms with Gasteiger partial charge < -0.3 is 5.73 Å². The van der Waals surface area contributed by atoms with Crippen LogP contribution < -0.4 is 10.5 Å². The van der Waals surface area contributed by atoms with E-state index in [1.54, 1.807) is 0 Å². The fourth-order valence-corrected chi connectivity index (χ4v) is 3.09. The molecule has 0 aromatic rings. The second kappa shape index (κ2) is 5.44. The number of piperidine rings is 1. The fraction of sp³-hybridized carbons (Fsp3) is 1.00. The van der Waals surface area contributed by atoms with Gasteiger partial charge in [-0.2, -0.15) is 12.7 Å². The van der Waals surface area contributed by atoms with Gasteiger partial charge in [0.05, 0.1) is 0 Å². The van der Waals surface area contributed by atoms with Crippen molar-refractivity contribution in [3.05, 3.63) is 0 Å². The van der Waals surface area contributed by atoms with Crippen LogP contribution in [0.5, 0.6) is 0 Å². The number of hydrogen-bond donors (Lipinski definition) is 2. The summed E-state index contributed by atoms with van der Waals surface area (Å²) in [6.07, 6.45) is 0.837. The third-order valence-corrected chi connectivity index (χ3v) is 4.54. The van der Waals surface area contributed by atoms with Crippen LogP contribution in [0.4, 0.5) is 0 Å². The molecule has 0 radical (unpaired) electrons. The van der Waals surface area contributed by atoms with E-state index in [2.05, 4.69) is 11.6 Å². The van der Waals surface area contributed by atoms with E-state index in [-0.39, 0.29) is 6.04 Å². The molecule has 3 N–H and O–H groups in total. The number of rotatable bonds is 4. The molecule has 16 heavy (non-hydrogen) atoms. The maximum Gasteiger partial charge on any atom is 0.279 e. The summed E-state index contributed by atoms with van der Waals surface area (Å²) >= 11 is 0. The zero-order valence-electron chi connectivity index (χ0n) is 10.3. The summed E-state index contributed by atoms with van der Waals surface area (Å²) in [6, 6.07) is -0.0515. The van der Waals surface area contributed by atoms with Crippen LogP contribution in [0.2, 0.25) is 0 Å². The Bertz CT molecular complexity index is 316. The van der Waals surface area contributed by atoms with Gasteiger partial charge in [0.25, 0.3) is 10.2 Å². The minimum Gasteiger partial charge on any atom is -0.326 e. The second-order valence-corrected chi connectivity index (χ2v) is 6.79. The van der Waals surface area contributed by atoms with Gasteiger partial charge in [-0.25, -0.2) is 4.72 Å². The lowest BCUT2D eigenvalue weighted by atomic mass is 9.96. The van der Waals surface area contributed by atoms with Gasteiger partial charge in [0.2, 0.25) is 0 Å². The maximum atomic E-state index is 11.9. The smallest absolute Gasteiger partial charge is 0.279 e. The van der Waals surface area contributed by atoms with Gasteiger partial charge in [0.15, 0.2) is 0 Å². The van der Waals surface area contributed by atoms with E-state index in [0.29, 0.717) is 31.5 Å². The van der Waals surface area contributed by atoms with Crippen molar-refractivity contribution in [2.45, 2.75) is 33.2 Å². The Labute approximate surface area is 98.6 Å². The molecule has 0 bridgehead atoms. The molecule has 0 aliphatic carbocycles. The average molecular weight is 249 g/mol. The first kappa shape index (κ1) is 13.9. The van der Waals surface area contributed by atoms with Crippen molar-refractivity contribution in [3.8, 4) is 0 Å². The molecule has 1 rings (SSSR count). The molecule has 2 atom stereocenters. The molecular formula is C10H23N3O2S. The van der Waals surface area contributed by atoms with Crippen molar-refractivity contribution in [2.24, 2.45) is 17.6 Å². The van der Waals surface area contributed by atoms with Gasteiger partial charge >= 0.3 is 0 Å². The molecule has 0 aromatic carbocycles. The molecule has 0 spiro atoms. The van der Waals surface area contributed by atoms with E-state index in [1.807, 2.05) is 13.8 Å². The summed E-state index contributed by atoms with van der Waals surface area (Å²) in [6.45, 7) is 7.50. The minimum atomic E-state index is -3.33. The molecule has 5 nitrogen and oxygen atoms in total. The third kappa shape index (κ3) is 3.69. The summed E-state index contributed by atoms with van der Waals surface area (Å²) in [5.74, 6) is 0.712. The summed E-state index contributed by atoms with van der Waals surface area (Å²) in [4.78, 5) is 0. The van der Waals surface area contributed by atoms with Crippen molar-refractivity contribution in [2.75, 3.05) is 19.6 Å². The number of nitrogens with two attached hydrogens (primary N) is 1. The molecule has 1 aliphatic rings. The van der Waals surface area contributed by atoms with E-state index >= 15 is 0 Å². The highest BCUT2D eigenvalue weighted by Crippen LogP contribution is 2.17. The van der Waals surface area contributed by atoms with Crippen molar-refractivity contribution < 1.29 is 8.42 Å². The van der Waals surface area contributed by atoms with Gasteiger partial charge in [0, 0.05) is 25.7 Å². The van der Waals surface area contributed by atoms with E-state index in [0.717, 1.165) is 6.42 Å². The molecule has 1 saturated heterocycles. The van der Waals surface area contributed by atoms with Crippen LogP contribution in [0.25, 0.3) is 0 Å². The predicted molar refractivity (Wildman–Crippen MR) is 65.1 cm³/mol. The second-order valence-electron chi connectivity index (χ2n) is 5.04. The van der Waals surface area contributed by atoms with E-state index in [4.69, 9.17) is 5.73 Å². The normalized spacial score (nSPS) is 28.6. The highest BCUT2D eigenvalue weighted by atomic mass is 32.2. The van der Waals surface area contributed by atoms with Crippen LogP contribution in [0, 0.1) is 11.8 Å². The number of nitrogens with zero attached hydrogens (tertiary/aromatic N) is 1. The van der Waals surface area contributed by atoms with Crippen LogP contribution in [0.3, 0.4) is 0 Å². The number of hydrogen-bond acceptors (Lipinski definition) is 3. The zero-order chi connectivity index (χ0) is 12.3. The molecule has 1 aliphatic heterocycles. The fourth-order valence-electron chi connectivity index (χ4n) is 1.65. The Hall–Kier alpha value is -0.170. The molecular weight excluding hydrogens is 226 g/mol. The zero-order valence-corrected chi connectivity index (χ0v) is 11.1. The molecule has 0 saturated carbocycles. The first-order valence-corrected chi connectivity index (χ1v) is 7.27. The summed E-state index contributed by atoms with van der Waals surface area (Å²) in [7, 11) is -3.33. The SMILES string of the molecule is CC(C)CNS(=O)(=O)N1CCC(C)C(N)C1. The van der Waals surface area contributed by atoms with E-state index in [1.165, 1.54) is 4.31 Å². The summed E-state index contributed by atoms with van der Waals surface area (Å²) in [5.41, 5.74) is 5.89. The lowest BCUT2D eigenvalue weighted by Crippen LogP contribution is -2.53. The molecule has 2 unspecified atom stereocenters. The monoisotopic (exact) mass is 249 g/mol. The van der Waals surface area contributed by atoms with Crippen LogP contribution in [-0.4, -0.2) is 38.4 Å². The molecule has 96 valence electrons. The minimum absolute atomic E-state index is 0.0515. The molecule has 0 amide bonds. The van der Waals surface area contributed by atoms with E-state index in [9.17, 15) is 8.42 Å². The van der Waals surface area contributed by atoms with Gasteiger partial charge in [-0.1, -0.05) is 20.8 Å². The number of nitrogens with one attached hydrogen (secondary N) is 1. The molecule has 1 fully saturated rings. The van der Waals surface area contributed by atoms with Gasteiger partial charge in [-0.15, -0.1) is 0 Å². The van der Waals surface area contributed by atoms with Crippen LogP contribution in [0.1, 0.15) is 27.2 Å². The lowest BCUT2D eigenvalue weighted by molar-refractivity contribution is 0.250. The largest absolute Gasteiger partial charge is 0.326 e. The Balaban J connectivity index is 2.56. The highest BCUT2D eigenvalue weighted by molar-refractivity contribution is 7.87. The Morgan fingerprint density at radius 1 is 1.50 bits per heavy atom. The Morgan fingerprint density at radius 2 is 2.12 bits per heavy atom. The first-order chi connectivity index (χ1) is 7.33. The van der Waals surface area contributed by atoms with Gasteiger partial charge in [-0.3, -0.25) is 0 Å². The van der Waals surface area contributed by atoms with Crippen LogP contribution in [0.15, 0.2) is 0 Å². The van der Waals surface area contributed by atoms with Crippen molar-refractivity contribution in [3.63, 3.8) is 0 Å². The molecule has 0 aromatic heterocycles. The first-order valence-electron chi connectivity index (χ1n) is 5.83. The predicted octanol–water partition coefficient (Wildman–Crippen LogP) is 0.146. The summed E-state index contributed by atoms with van der Waals surface area (Å²) < 4.78 is 27.9. The molecule has 1 heterocycles. The van der Waals surface area contributed by atoms with Crippen molar-refractivity contribution in [1.82, 2.24) is 9.03 Å². The topological polar surface area (TPSA) is 75.4 Å². The van der Waals surface area contributed by atoms with Crippen LogP contribution in [-0.2, 0) is 10.2 Å². The van der Waals surface area contributed by atoms with Gasteiger partial charge in [0.1, 0.15) is 0 Å². The van der Waals surface area contributed by atoms with Crippen LogP contribution >= 0.6 is 0 Å². The maximum absolute atomic E-state index is 11.9. The average Bonchev–Trinajstić information content (AvgIpc) is 2.19. The van der Waals surface area contributed by atoms with Gasteiger partial charge in [-0.05, 0) is 18.3 Å². The quantitative estimate of drug-likeness (QED) is 0.744. The van der Waals surface area contributed by atoms with Crippen molar-refractivity contribution in [1.29, 1.82) is 0 Å². The van der Waals surface area contributed by atoms with E-state index < -0.39 is 10.2 Å². The standard InChI is InChI=1S/C10H23N3O2S/c1-8(2)6-12-16(14,15)13-5-4-9(3)10(11)7-13/h8-10,12H,4-7,11H2,1-3H3. The Kier molecular flexibility index (Phi) is 4.73.